The van der Waals surface area contributed by atoms with E-state index in [-0.39, 0.29) is 6.03 Å². The standard InChI is InChI=1S/C12H16F3N3O/c1-18(8-2-7-16)11(19)17-10-5-3-9(4-6-10)12(13,14)15/h3-6H,2,7-8,16H2,1H3,(H,17,19). The lowest BCUT2D eigenvalue weighted by Crippen LogP contribution is -2.33. The van der Waals surface area contributed by atoms with E-state index in [1.54, 1.807) is 7.05 Å². The molecule has 4 nitrogen and oxygen atoms in total. The minimum atomic E-state index is -4.37. The van der Waals surface area contributed by atoms with E-state index < -0.39 is 11.7 Å². The summed E-state index contributed by atoms with van der Waals surface area (Å²) in [5.41, 5.74) is 4.89. The summed E-state index contributed by atoms with van der Waals surface area (Å²) in [4.78, 5) is 13.1. The molecule has 1 aromatic rings. The topological polar surface area (TPSA) is 58.4 Å². The Hall–Kier alpha value is -1.76. The number of nitrogens with zero attached hydrogens (tertiary/aromatic N) is 1. The average molecular weight is 275 g/mol. The molecule has 0 saturated carbocycles. The SMILES string of the molecule is CN(CCCN)C(=O)Nc1ccc(C(F)(F)F)cc1. The molecule has 0 unspecified atom stereocenters. The molecule has 2 amide bonds. The number of nitrogens with one attached hydrogen (secondary N) is 1. The Labute approximate surface area is 109 Å². The minimum Gasteiger partial charge on any atom is -0.330 e. The Kier molecular flexibility index (Phi) is 5.17. The van der Waals surface area contributed by atoms with Crippen LogP contribution < -0.4 is 11.1 Å². The van der Waals surface area contributed by atoms with Gasteiger partial charge in [-0.25, -0.2) is 4.79 Å². The summed E-state index contributed by atoms with van der Waals surface area (Å²) < 4.78 is 37.0. The molecule has 0 aliphatic rings. The lowest BCUT2D eigenvalue weighted by Gasteiger charge is -2.17. The Morgan fingerprint density at radius 2 is 1.89 bits per heavy atom. The van der Waals surface area contributed by atoms with Gasteiger partial charge in [0.05, 0.1) is 5.56 Å². The molecule has 0 bridgehead atoms. The lowest BCUT2D eigenvalue weighted by molar-refractivity contribution is -0.137. The highest BCUT2D eigenvalue weighted by molar-refractivity contribution is 5.89. The highest BCUT2D eigenvalue weighted by Crippen LogP contribution is 2.29. The molecule has 0 aromatic heterocycles. The summed E-state index contributed by atoms with van der Waals surface area (Å²) >= 11 is 0. The first-order chi connectivity index (χ1) is 8.84. The molecule has 0 aliphatic heterocycles. The van der Waals surface area contributed by atoms with E-state index >= 15 is 0 Å². The lowest BCUT2D eigenvalue weighted by atomic mass is 10.2. The molecule has 0 atom stereocenters. The molecule has 0 spiro atoms. The second-order valence-electron chi connectivity index (χ2n) is 4.07. The Balaban J connectivity index is 2.60. The largest absolute Gasteiger partial charge is 0.416 e. The van der Waals surface area contributed by atoms with Crippen molar-refractivity contribution in [3.63, 3.8) is 0 Å². The Morgan fingerprint density at radius 3 is 2.37 bits per heavy atom. The number of anilines is 1. The number of carbonyl (C=O) groups is 1. The molecule has 1 rings (SSSR count). The van der Waals surface area contributed by atoms with E-state index in [0.717, 1.165) is 12.1 Å². The van der Waals surface area contributed by atoms with Gasteiger partial charge in [-0.3, -0.25) is 0 Å². The molecule has 1 aromatic carbocycles. The summed E-state index contributed by atoms with van der Waals surface area (Å²) in [5, 5.41) is 2.51. The van der Waals surface area contributed by atoms with Crippen LogP contribution in [-0.2, 0) is 6.18 Å². The van der Waals surface area contributed by atoms with Crippen LogP contribution in [-0.4, -0.2) is 31.1 Å². The van der Waals surface area contributed by atoms with Crippen molar-refractivity contribution in [1.82, 2.24) is 4.90 Å². The average Bonchev–Trinajstić information content (AvgIpc) is 2.35. The van der Waals surface area contributed by atoms with Crippen LogP contribution in [0.1, 0.15) is 12.0 Å². The first-order valence-electron chi connectivity index (χ1n) is 5.74. The van der Waals surface area contributed by atoms with Crippen LogP contribution in [0.25, 0.3) is 0 Å². The second-order valence-corrected chi connectivity index (χ2v) is 4.07. The van der Waals surface area contributed by atoms with Crippen molar-refractivity contribution in [3.05, 3.63) is 29.8 Å². The van der Waals surface area contributed by atoms with E-state index in [4.69, 9.17) is 5.73 Å². The summed E-state index contributed by atoms with van der Waals surface area (Å²) in [6, 6.07) is 3.91. The number of nitrogens with two attached hydrogens (primary N) is 1. The first-order valence-corrected chi connectivity index (χ1v) is 5.74. The van der Waals surface area contributed by atoms with Crippen molar-refractivity contribution in [1.29, 1.82) is 0 Å². The molecule has 0 heterocycles. The van der Waals surface area contributed by atoms with Crippen LogP contribution in [0.2, 0.25) is 0 Å². The van der Waals surface area contributed by atoms with Gasteiger partial charge in [-0.15, -0.1) is 0 Å². The fourth-order valence-electron chi connectivity index (χ4n) is 1.39. The zero-order valence-electron chi connectivity index (χ0n) is 10.5. The van der Waals surface area contributed by atoms with Crippen molar-refractivity contribution in [2.24, 2.45) is 5.73 Å². The molecule has 19 heavy (non-hydrogen) atoms. The summed E-state index contributed by atoms with van der Waals surface area (Å²) in [6.45, 7) is 0.959. The summed E-state index contributed by atoms with van der Waals surface area (Å²) in [6.07, 6.45) is -3.71. The Morgan fingerprint density at radius 1 is 1.32 bits per heavy atom. The fraction of sp³-hybridized carbons (Fsp3) is 0.417. The van der Waals surface area contributed by atoms with Crippen molar-refractivity contribution in [2.75, 3.05) is 25.5 Å². The monoisotopic (exact) mass is 275 g/mol. The fourth-order valence-corrected chi connectivity index (χ4v) is 1.39. The first kappa shape index (κ1) is 15.3. The van der Waals surface area contributed by atoms with Crippen molar-refractivity contribution >= 4 is 11.7 Å². The number of amides is 2. The molecule has 7 heteroatoms. The van der Waals surface area contributed by atoms with Gasteiger partial charge in [0.1, 0.15) is 0 Å². The summed E-state index contributed by atoms with van der Waals surface area (Å²) in [5.74, 6) is 0. The number of hydrogen-bond acceptors (Lipinski definition) is 2. The number of urea groups is 1. The number of halogens is 3. The number of benzene rings is 1. The van der Waals surface area contributed by atoms with Gasteiger partial charge >= 0.3 is 12.2 Å². The van der Waals surface area contributed by atoms with Gasteiger partial charge in [0.25, 0.3) is 0 Å². The normalized spacial score (nSPS) is 11.2. The van der Waals surface area contributed by atoms with Gasteiger partial charge in [-0.1, -0.05) is 0 Å². The summed E-state index contributed by atoms with van der Waals surface area (Å²) in [7, 11) is 1.59. The van der Waals surface area contributed by atoms with E-state index in [0.29, 0.717) is 25.2 Å². The van der Waals surface area contributed by atoms with Gasteiger partial charge in [0.15, 0.2) is 0 Å². The molecule has 0 saturated heterocycles. The second kappa shape index (κ2) is 6.42. The van der Waals surface area contributed by atoms with Gasteiger partial charge in [-0.2, -0.15) is 13.2 Å². The van der Waals surface area contributed by atoms with E-state index in [1.807, 2.05) is 0 Å². The third kappa shape index (κ3) is 4.78. The molecule has 3 N–H and O–H groups in total. The predicted octanol–water partition coefficient (Wildman–Crippen LogP) is 2.52. The van der Waals surface area contributed by atoms with Crippen molar-refractivity contribution in [3.8, 4) is 0 Å². The van der Waals surface area contributed by atoms with Crippen LogP contribution >= 0.6 is 0 Å². The Bertz CT molecular complexity index is 417. The van der Waals surface area contributed by atoms with E-state index in [9.17, 15) is 18.0 Å². The predicted molar refractivity (Wildman–Crippen MR) is 66.8 cm³/mol. The zero-order chi connectivity index (χ0) is 14.5. The zero-order valence-corrected chi connectivity index (χ0v) is 10.5. The molecule has 106 valence electrons. The van der Waals surface area contributed by atoms with Gasteiger partial charge < -0.3 is 16.0 Å². The number of carbonyl (C=O) groups excluding carboxylic acids is 1. The van der Waals surface area contributed by atoms with Crippen molar-refractivity contribution in [2.45, 2.75) is 12.6 Å². The minimum absolute atomic E-state index is 0.317. The maximum absolute atomic E-state index is 12.3. The highest BCUT2D eigenvalue weighted by atomic mass is 19.4. The van der Waals surface area contributed by atoms with E-state index in [2.05, 4.69) is 5.32 Å². The number of alkyl halides is 3. The number of hydrogen-bond donors (Lipinski definition) is 2. The highest BCUT2D eigenvalue weighted by Gasteiger charge is 2.29. The third-order valence-corrected chi connectivity index (χ3v) is 2.51. The molecular formula is C12H16F3N3O. The smallest absolute Gasteiger partial charge is 0.330 e. The van der Waals surface area contributed by atoms with Crippen molar-refractivity contribution < 1.29 is 18.0 Å². The molecular weight excluding hydrogens is 259 g/mol. The van der Waals surface area contributed by atoms with Crippen LogP contribution in [0.5, 0.6) is 0 Å². The molecule has 0 aliphatic carbocycles. The molecule has 0 fully saturated rings. The van der Waals surface area contributed by atoms with Crippen LogP contribution in [0, 0.1) is 0 Å². The maximum atomic E-state index is 12.3. The van der Waals surface area contributed by atoms with E-state index in [1.165, 1.54) is 17.0 Å². The number of rotatable bonds is 4. The van der Waals surface area contributed by atoms with Gasteiger partial charge in [0, 0.05) is 19.3 Å². The van der Waals surface area contributed by atoms with Gasteiger partial charge in [-0.05, 0) is 37.2 Å². The molecule has 0 radical (unpaired) electrons. The quantitative estimate of drug-likeness (QED) is 0.887. The van der Waals surface area contributed by atoms with Crippen LogP contribution in [0.15, 0.2) is 24.3 Å². The third-order valence-electron chi connectivity index (χ3n) is 2.51. The van der Waals surface area contributed by atoms with Gasteiger partial charge in [0.2, 0.25) is 0 Å². The van der Waals surface area contributed by atoms with Crippen LogP contribution in [0.4, 0.5) is 23.7 Å². The maximum Gasteiger partial charge on any atom is 0.416 e. The van der Waals surface area contributed by atoms with Crippen LogP contribution in [0.3, 0.4) is 0 Å².